The zero-order chi connectivity index (χ0) is 18.3. The van der Waals surface area contributed by atoms with Crippen molar-refractivity contribution >= 4 is 16.9 Å². The molecule has 0 radical (unpaired) electrons. The third kappa shape index (κ3) is 3.20. The van der Waals surface area contributed by atoms with Crippen LogP contribution in [0.4, 0.5) is 0 Å². The molecule has 26 heavy (non-hydrogen) atoms. The molecule has 1 aliphatic heterocycles. The normalized spacial score (nSPS) is 17.7. The predicted molar refractivity (Wildman–Crippen MR) is 97.1 cm³/mol. The maximum Gasteiger partial charge on any atom is 0.254 e. The van der Waals surface area contributed by atoms with Crippen molar-refractivity contribution < 1.29 is 13.9 Å². The predicted octanol–water partition coefficient (Wildman–Crippen LogP) is 3.36. The van der Waals surface area contributed by atoms with Crippen LogP contribution in [-0.4, -0.2) is 40.5 Å². The van der Waals surface area contributed by atoms with E-state index in [9.17, 15) is 4.79 Å². The molecule has 0 saturated carbocycles. The number of carbonyl (C=O) groups is 1. The Labute approximate surface area is 151 Å². The average Bonchev–Trinajstić information content (AvgIpc) is 2.99. The third-order valence-electron chi connectivity index (χ3n) is 4.56. The van der Waals surface area contributed by atoms with Gasteiger partial charge in [-0.3, -0.25) is 4.79 Å². The largest absolute Gasteiger partial charge is 0.461 e. The molecule has 6 nitrogen and oxygen atoms in total. The minimum atomic E-state index is -0.229. The van der Waals surface area contributed by atoms with Gasteiger partial charge in [-0.05, 0) is 51.1 Å². The van der Waals surface area contributed by atoms with Crippen LogP contribution < -0.4 is 0 Å². The van der Waals surface area contributed by atoms with Crippen LogP contribution >= 0.6 is 0 Å². The van der Waals surface area contributed by atoms with Gasteiger partial charge in [-0.25, -0.2) is 9.97 Å². The molecule has 3 heterocycles. The molecule has 6 heteroatoms. The van der Waals surface area contributed by atoms with E-state index in [0.717, 1.165) is 28.1 Å². The van der Waals surface area contributed by atoms with Crippen LogP contribution in [0.5, 0.6) is 0 Å². The zero-order valence-electron chi connectivity index (χ0n) is 15.2. The van der Waals surface area contributed by atoms with E-state index in [1.165, 1.54) is 0 Å². The summed E-state index contributed by atoms with van der Waals surface area (Å²) in [6, 6.07) is 9.42. The summed E-state index contributed by atoms with van der Waals surface area (Å²) in [6.07, 6.45) is -0.229. The quantitative estimate of drug-likeness (QED) is 0.708. The van der Waals surface area contributed by atoms with E-state index in [-0.39, 0.29) is 12.0 Å². The minimum absolute atomic E-state index is 0.00144. The lowest BCUT2D eigenvalue weighted by Gasteiger charge is -2.33. The molecule has 2 aromatic heterocycles. The van der Waals surface area contributed by atoms with E-state index in [1.807, 2.05) is 56.0 Å². The van der Waals surface area contributed by atoms with Gasteiger partial charge in [0.25, 0.3) is 5.91 Å². The Morgan fingerprint density at radius 3 is 2.81 bits per heavy atom. The van der Waals surface area contributed by atoms with Crippen molar-refractivity contribution in [1.82, 2.24) is 14.9 Å². The summed E-state index contributed by atoms with van der Waals surface area (Å²) in [6.45, 7) is 7.25. The molecule has 134 valence electrons. The van der Waals surface area contributed by atoms with Crippen molar-refractivity contribution in [2.24, 2.45) is 0 Å². The Hall–Kier alpha value is -2.73. The van der Waals surface area contributed by atoms with Gasteiger partial charge in [0, 0.05) is 23.2 Å². The van der Waals surface area contributed by atoms with Crippen LogP contribution in [0.3, 0.4) is 0 Å². The lowest BCUT2D eigenvalue weighted by atomic mass is 10.1. The molecule has 1 fully saturated rings. The first-order chi connectivity index (χ1) is 12.5. The van der Waals surface area contributed by atoms with Crippen LogP contribution in [0.25, 0.3) is 11.0 Å². The summed E-state index contributed by atoms with van der Waals surface area (Å²) in [7, 11) is 0. The van der Waals surface area contributed by atoms with E-state index in [2.05, 4.69) is 9.97 Å². The summed E-state index contributed by atoms with van der Waals surface area (Å²) < 4.78 is 11.5. The maximum atomic E-state index is 13.0. The number of hydrogen-bond donors (Lipinski definition) is 0. The van der Waals surface area contributed by atoms with Crippen LogP contribution in [0.1, 0.15) is 39.4 Å². The van der Waals surface area contributed by atoms with Crippen molar-refractivity contribution in [3.05, 3.63) is 58.9 Å². The lowest BCUT2D eigenvalue weighted by molar-refractivity contribution is -0.0248. The summed E-state index contributed by atoms with van der Waals surface area (Å²) in [5, 5.41) is 0.945. The Morgan fingerprint density at radius 1 is 1.15 bits per heavy atom. The number of aryl methyl sites for hydroxylation is 3. The number of nitrogens with zero attached hydrogens (tertiary/aromatic N) is 3. The first-order valence-electron chi connectivity index (χ1n) is 8.73. The van der Waals surface area contributed by atoms with E-state index < -0.39 is 0 Å². The van der Waals surface area contributed by atoms with Gasteiger partial charge in [0.05, 0.1) is 18.8 Å². The molecule has 0 unspecified atom stereocenters. The highest BCUT2D eigenvalue weighted by atomic mass is 16.5. The molecule has 1 amide bonds. The van der Waals surface area contributed by atoms with Gasteiger partial charge >= 0.3 is 0 Å². The Kier molecular flexibility index (Phi) is 4.20. The summed E-state index contributed by atoms with van der Waals surface area (Å²) in [5.74, 6) is 1.56. The second-order valence-corrected chi connectivity index (χ2v) is 6.70. The van der Waals surface area contributed by atoms with Crippen LogP contribution in [0.15, 0.2) is 34.7 Å². The second-order valence-electron chi connectivity index (χ2n) is 6.70. The Bertz CT molecular complexity index is 959. The van der Waals surface area contributed by atoms with Crippen molar-refractivity contribution in [1.29, 1.82) is 0 Å². The molecular formula is C20H21N3O3. The fourth-order valence-electron chi connectivity index (χ4n) is 3.41. The number of fused-ring (bicyclic) bond motifs is 1. The number of hydrogen-bond acceptors (Lipinski definition) is 5. The molecular weight excluding hydrogens is 330 g/mol. The highest BCUT2D eigenvalue weighted by Gasteiger charge is 2.27. The number of rotatable bonds is 2. The Balaban J connectivity index is 1.57. The maximum absolute atomic E-state index is 13.0. The number of carbonyl (C=O) groups excluding carboxylic acids is 1. The highest BCUT2D eigenvalue weighted by molar-refractivity contribution is 5.97. The van der Waals surface area contributed by atoms with Crippen molar-refractivity contribution in [3.63, 3.8) is 0 Å². The topological polar surface area (TPSA) is 68.5 Å². The molecule has 1 saturated heterocycles. The van der Waals surface area contributed by atoms with Crippen LogP contribution in [0.2, 0.25) is 0 Å². The van der Waals surface area contributed by atoms with E-state index in [0.29, 0.717) is 31.1 Å². The van der Waals surface area contributed by atoms with E-state index in [4.69, 9.17) is 9.15 Å². The van der Waals surface area contributed by atoms with Gasteiger partial charge in [-0.1, -0.05) is 0 Å². The number of amides is 1. The molecule has 1 aromatic carbocycles. The lowest BCUT2D eigenvalue weighted by Crippen LogP contribution is -2.42. The average molecular weight is 351 g/mol. The van der Waals surface area contributed by atoms with E-state index in [1.54, 1.807) is 0 Å². The molecule has 1 atom stereocenters. The van der Waals surface area contributed by atoms with Gasteiger partial charge in [0.15, 0.2) is 0 Å². The number of furan rings is 1. The van der Waals surface area contributed by atoms with E-state index >= 15 is 0 Å². The first kappa shape index (κ1) is 16.7. The highest BCUT2D eigenvalue weighted by Crippen LogP contribution is 2.25. The van der Waals surface area contributed by atoms with Gasteiger partial charge in [0.2, 0.25) is 0 Å². The van der Waals surface area contributed by atoms with Gasteiger partial charge in [-0.15, -0.1) is 0 Å². The van der Waals surface area contributed by atoms with Crippen LogP contribution in [0, 0.1) is 20.8 Å². The number of ether oxygens (including phenoxy) is 1. The smallest absolute Gasteiger partial charge is 0.254 e. The number of morpholine rings is 1. The number of aromatic nitrogens is 2. The zero-order valence-corrected chi connectivity index (χ0v) is 15.2. The Morgan fingerprint density at radius 2 is 2.00 bits per heavy atom. The summed E-state index contributed by atoms with van der Waals surface area (Å²) >= 11 is 0. The fourth-order valence-corrected chi connectivity index (χ4v) is 3.41. The standard InChI is InChI=1S/C20H21N3O3/c1-12-8-17(22-14(3)21-12)19-11-23(6-7-25-19)20(24)15-4-5-18-16(10-15)9-13(2)26-18/h4-5,8-10,19H,6-7,11H2,1-3H3/t19-/m1/s1. The molecule has 1 aliphatic rings. The molecule has 0 spiro atoms. The van der Waals surface area contributed by atoms with Crippen molar-refractivity contribution in [2.45, 2.75) is 26.9 Å². The van der Waals surface area contributed by atoms with Gasteiger partial charge in [0.1, 0.15) is 23.3 Å². The SMILES string of the molecule is Cc1cc([C@H]2CN(C(=O)c3ccc4oc(C)cc4c3)CCO2)nc(C)n1. The van der Waals surface area contributed by atoms with Gasteiger partial charge in [-0.2, -0.15) is 0 Å². The first-order valence-corrected chi connectivity index (χ1v) is 8.73. The third-order valence-corrected chi connectivity index (χ3v) is 4.56. The monoisotopic (exact) mass is 351 g/mol. The molecule has 0 N–H and O–H groups in total. The molecule has 4 rings (SSSR count). The molecule has 0 aliphatic carbocycles. The summed E-state index contributed by atoms with van der Waals surface area (Å²) in [4.78, 5) is 23.6. The number of benzene rings is 1. The fraction of sp³-hybridized carbons (Fsp3) is 0.350. The van der Waals surface area contributed by atoms with Gasteiger partial charge < -0.3 is 14.1 Å². The van der Waals surface area contributed by atoms with Crippen LogP contribution in [-0.2, 0) is 4.74 Å². The van der Waals surface area contributed by atoms with Crippen molar-refractivity contribution in [3.8, 4) is 0 Å². The molecule has 3 aromatic rings. The minimum Gasteiger partial charge on any atom is -0.461 e. The second kappa shape index (κ2) is 6.53. The molecule has 0 bridgehead atoms. The van der Waals surface area contributed by atoms with Crippen molar-refractivity contribution in [2.75, 3.05) is 19.7 Å². The summed E-state index contributed by atoms with van der Waals surface area (Å²) in [5.41, 5.74) is 3.19.